The van der Waals surface area contributed by atoms with E-state index in [1.165, 1.54) is 12.1 Å². The number of hydrogen-bond acceptors (Lipinski definition) is 9. The summed E-state index contributed by atoms with van der Waals surface area (Å²) in [5.74, 6) is 0.864. The number of ether oxygens (including phenoxy) is 1. The minimum atomic E-state index is -4.20. The first-order chi connectivity index (χ1) is 23.9. The van der Waals surface area contributed by atoms with Crippen molar-refractivity contribution in [3.05, 3.63) is 82.8 Å². The van der Waals surface area contributed by atoms with Gasteiger partial charge in [-0.1, -0.05) is 58.9 Å². The number of fused-ring (bicyclic) bond motifs is 4. The van der Waals surface area contributed by atoms with Crippen LogP contribution in [0.2, 0.25) is 0 Å². The molecule has 4 aromatic rings. The molecular formula is C39H51N7O4S. The molecule has 0 aliphatic carbocycles. The molecule has 2 aromatic carbocycles. The molecule has 12 heteroatoms. The second kappa shape index (κ2) is 15.0. The van der Waals surface area contributed by atoms with Gasteiger partial charge in [-0.25, -0.2) is 23.1 Å². The number of nitrogens with zero attached hydrogens (tertiary/aromatic N) is 6. The predicted molar refractivity (Wildman–Crippen MR) is 202 cm³/mol. The normalized spacial score (nSPS) is 16.2. The molecule has 1 N–H and O–H groups in total. The Bertz CT molecular complexity index is 2010. The molecule has 0 saturated heterocycles. The molecular weight excluding hydrogens is 663 g/mol. The molecule has 1 amide bonds. The quantitative estimate of drug-likeness (QED) is 0.201. The molecule has 0 saturated carbocycles. The van der Waals surface area contributed by atoms with Gasteiger partial charge in [0.05, 0.1) is 41.3 Å². The van der Waals surface area contributed by atoms with Crippen LogP contribution in [0.1, 0.15) is 87.6 Å². The Kier molecular flexibility index (Phi) is 11.0. The van der Waals surface area contributed by atoms with Crippen molar-refractivity contribution in [3.63, 3.8) is 0 Å². The molecule has 5 rings (SSSR count). The third-order valence-electron chi connectivity index (χ3n) is 9.04. The number of sulfonamides is 1. The van der Waals surface area contributed by atoms with Crippen LogP contribution in [-0.2, 0) is 23.0 Å². The number of aromatic nitrogens is 4. The Morgan fingerprint density at radius 2 is 1.75 bits per heavy atom. The fraction of sp³-hybridized carbons (Fsp3) is 0.462. The average molecular weight is 714 g/mol. The van der Waals surface area contributed by atoms with Crippen molar-refractivity contribution >= 4 is 27.7 Å². The zero-order valence-corrected chi connectivity index (χ0v) is 32.3. The standard InChI is InChI=1S/C39H51N7O4S/c1-24(2)17-28-14-11-13-26(5)34(28)35-27(6)36-43-38(42-35)44-51(48,49)32-16-12-15-29(18-32)37(47)46(31(23-50-36)19-39(7,8)9)22-30-20-40-21-33(41-30)45(10)25(3)4/h11-16,18,20-21,24-25,31H,17,19,22-23H2,1-10H3,(H,42,43,44)/t31-/m1/s1. The number of carbonyl (C=O) groups excluding carboxylic acids is 1. The van der Waals surface area contributed by atoms with E-state index in [2.05, 4.69) is 69.2 Å². The molecule has 1 aliphatic heterocycles. The lowest BCUT2D eigenvalue weighted by molar-refractivity contribution is 0.0508. The maximum Gasteiger partial charge on any atom is 0.264 e. The largest absolute Gasteiger partial charge is 0.475 e. The van der Waals surface area contributed by atoms with Crippen molar-refractivity contribution in [3.8, 4) is 17.1 Å². The highest BCUT2D eigenvalue weighted by atomic mass is 32.2. The summed E-state index contributed by atoms with van der Waals surface area (Å²) in [4.78, 5) is 37.0. The van der Waals surface area contributed by atoms with Gasteiger partial charge >= 0.3 is 0 Å². The van der Waals surface area contributed by atoms with Gasteiger partial charge in [0.15, 0.2) is 0 Å². The van der Waals surface area contributed by atoms with Crippen LogP contribution in [0.4, 0.5) is 11.8 Å². The zero-order chi connectivity index (χ0) is 37.2. The average Bonchev–Trinajstić information content (AvgIpc) is 3.05. The van der Waals surface area contributed by atoms with Crippen molar-refractivity contribution in [2.45, 2.75) is 98.7 Å². The summed E-state index contributed by atoms with van der Waals surface area (Å²) < 4.78 is 37.0. The molecule has 3 heterocycles. The van der Waals surface area contributed by atoms with Crippen LogP contribution >= 0.6 is 0 Å². The molecule has 11 nitrogen and oxygen atoms in total. The highest BCUT2D eigenvalue weighted by molar-refractivity contribution is 7.92. The van der Waals surface area contributed by atoms with E-state index >= 15 is 0 Å². The van der Waals surface area contributed by atoms with Crippen molar-refractivity contribution in [1.29, 1.82) is 0 Å². The highest BCUT2D eigenvalue weighted by Crippen LogP contribution is 2.36. The number of hydrogen-bond donors (Lipinski definition) is 1. The number of carbonyl (C=O) groups is 1. The van der Waals surface area contributed by atoms with Crippen LogP contribution in [0.15, 0.2) is 59.8 Å². The monoisotopic (exact) mass is 713 g/mol. The minimum Gasteiger partial charge on any atom is -0.475 e. The van der Waals surface area contributed by atoms with Gasteiger partial charge in [0.25, 0.3) is 15.9 Å². The Morgan fingerprint density at radius 3 is 2.43 bits per heavy atom. The summed E-state index contributed by atoms with van der Waals surface area (Å²) in [6.45, 7) is 19.0. The first-order valence-corrected chi connectivity index (χ1v) is 19.0. The molecule has 0 radical (unpaired) electrons. The van der Waals surface area contributed by atoms with E-state index in [0.29, 0.717) is 35.1 Å². The van der Waals surface area contributed by atoms with Crippen LogP contribution in [0.25, 0.3) is 11.3 Å². The highest BCUT2D eigenvalue weighted by Gasteiger charge is 2.32. The summed E-state index contributed by atoms with van der Waals surface area (Å²) in [5.41, 5.74) is 4.93. The topological polar surface area (TPSA) is 131 Å². The number of rotatable bonds is 8. The number of amides is 1. The van der Waals surface area contributed by atoms with Gasteiger partial charge in [0.1, 0.15) is 12.4 Å². The van der Waals surface area contributed by atoms with Crippen LogP contribution in [0, 0.1) is 25.2 Å². The fourth-order valence-electron chi connectivity index (χ4n) is 6.33. The number of benzene rings is 2. The van der Waals surface area contributed by atoms with Gasteiger partial charge in [0.2, 0.25) is 11.8 Å². The molecule has 0 spiro atoms. The van der Waals surface area contributed by atoms with Crippen molar-refractivity contribution in [2.75, 3.05) is 23.3 Å². The van der Waals surface area contributed by atoms with Crippen molar-refractivity contribution < 1.29 is 17.9 Å². The molecule has 51 heavy (non-hydrogen) atoms. The lowest BCUT2D eigenvalue weighted by Gasteiger charge is -2.36. The van der Waals surface area contributed by atoms with E-state index in [9.17, 15) is 13.2 Å². The molecule has 2 aromatic heterocycles. The van der Waals surface area contributed by atoms with E-state index < -0.39 is 16.1 Å². The maximum atomic E-state index is 14.6. The summed E-state index contributed by atoms with van der Waals surface area (Å²) in [6, 6.07) is 11.9. The van der Waals surface area contributed by atoms with Crippen LogP contribution in [-0.4, -0.2) is 64.9 Å². The van der Waals surface area contributed by atoms with E-state index in [1.807, 2.05) is 37.9 Å². The zero-order valence-electron chi connectivity index (χ0n) is 31.5. The summed E-state index contributed by atoms with van der Waals surface area (Å²) in [5, 5.41) is 0. The molecule has 0 unspecified atom stereocenters. The minimum absolute atomic E-state index is 0.0788. The van der Waals surface area contributed by atoms with Gasteiger partial charge in [-0.15, -0.1) is 0 Å². The predicted octanol–water partition coefficient (Wildman–Crippen LogP) is 7.23. The van der Waals surface area contributed by atoms with Gasteiger partial charge in [0, 0.05) is 29.8 Å². The first kappa shape index (κ1) is 37.7. The Labute approximate surface area is 303 Å². The summed E-state index contributed by atoms with van der Waals surface area (Å²) in [6.07, 6.45) is 4.76. The summed E-state index contributed by atoms with van der Waals surface area (Å²) in [7, 11) is -2.25. The van der Waals surface area contributed by atoms with Crippen LogP contribution in [0.5, 0.6) is 5.88 Å². The van der Waals surface area contributed by atoms with E-state index in [0.717, 1.165) is 23.1 Å². The Hall–Kier alpha value is -4.58. The van der Waals surface area contributed by atoms with Gasteiger partial charge < -0.3 is 14.5 Å². The van der Waals surface area contributed by atoms with E-state index in [1.54, 1.807) is 29.4 Å². The van der Waals surface area contributed by atoms with Crippen LogP contribution in [0.3, 0.4) is 0 Å². The molecule has 1 atom stereocenters. The van der Waals surface area contributed by atoms with Crippen molar-refractivity contribution in [2.24, 2.45) is 11.3 Å². The smallest absolute Gasteiger partial charge is 0.264 e. The molecule has 4 bridgehead atoms. The molecule has 272 valence electrons. The molecule has 0 fully saturated rings. The van der Waals surface area contributed by atoms with Gasteiger partial charge in [-0.05, 0) is 81.2 Å². The SMILES string of the molecule is Cc1cccc(CC(C)C)c1-c1nc2nc(c1C)OC[C@@H](CC(C)(C)C)N(Cc1cncc(N(C)C(C)C)n1)C(=O)c1cccc(c1)S(=O)(=O)N2. The van der Waals surface area contributed by atoms with Crippen molar-refractivity contribution in [1.82, 2.24) is 24.8 Å². The third-order valence-corrected chi connectivity index (χ3v) is 10.4. The fourth-order valence-corrected chi connectivity index (χ4v) is 7.32. The summed E-state index contributed by atoms with van der Waals surface area (Å²) >= 11 is 0. The number of anilines is 2. The van der Waals surface area contributed by atoms with Crippen LogP contribution < -0.4 is 14.4 Å². The number of aryl methyl sites for hydroxylation is 1. The number of nitrogens with one attached hydrogen (secondary N) is 1. The lowest BCUT2D eigenvalue weighted by Crippen LogP contribution is -2.45. The second-order valence-corrected chi connectivity index (χ2v) is 17.1. The van der Waals surface area contributed by atoms with Gasteiger partial charge in [-0.3, -0.25) is 9.78 Å². The van der Waals surface area contributed by atoms with E-state index in [4.69, 9.17) is 14.7 Å². The maximum absolute atomic E-state index is 14.6. The lowest BCUT2D eigenvalue weighted by atomic mass is 9.87. The molecule has 1 aliphatic rings. The Morgan fingerprint density at radius 1 is 1.02 bits per heavy atom. The Balaban J connectivity index is 1.70. The van der Waals surface area contributed by atoms with E-state index in [-0.39, 0.29) is 52.8 Å². The first-order valence-electron chi connectivity index (χ1n) is 17.5. The second-order valence-electron chi connectivity index (χ2n) is 15.4. The van der Waals surface area contributed by atoms with Gasteiger partial charge in [-0.2, -0.15) is 4.98 Å². The third kappa shape index (κ3) is 8.84.